The van der Waals surface area contributed by atoms with Gasteiger partial charge in [-0.1, -0.05) is 0 Å². The van der Waals surface area contributed by atoms with Crippen molar-refractivity contribution in [3.63, 3.8) is 0 Å². The molecule has 1 aromatic heterocycles. The number of carbonyl (C=O) groups is 1. The maximum absolute atomic E-state index is 11.5. The summed E-state index contributed by atoms with van der Waals surface area (Å²) in [6.07, 6.45) is 7.07. The number of hydrogen-bond donors (Lipinski definition) is 0. The molecule has 0 atom stereocenters. The van der Waals surface area contributed by atoms with Crippen LogP contribution in [0.3, 0.4) is 0 Å². The number of carbonyl (C=O) groups excluding carboxylic acids is 1. The molecule has 0 radical (unpaired) electrons. The van der Waals surface area contributed by atoms with Crippen molar-refractivity contribution in [3.8, 4) is 12.3 Å². The molecule has 68 valence electrons. The van der Waals surface area contributed by atoms with Gasteiger partial charge in [0.2, 0.25) is 0 Å². The minimum absolute atomic E-state index is 0.162. The zero-order chi connectivity index (χ0) is 9.68. The van der Waals surface area contributed by atoms with E-state index >= 15 is 0 Å². The Morgan fingerprint density at radius 3 is 3.08 bits per heavy atom. The Balaban J connectivity index is 2.50. The zero-order valence-electron chi connectivity index (χ0n) is 7.54. The molecule has 1 aromatic rings. The van der Waals surface area contributed by atoms with Gasteiger partial charge in [-0.3, -0.25) is 4.79 Å². The van der Waals surface area contributed by atoms with Crippen LogP contribution in [0.5, 0.6) is 0 Å². The molecule has 0 aliphatic rings. The van der Waals surface area contributed by atoms with Crippen molar-refractivity contribution in [3.05, 3.63) is 16.1 Å². The number of aryl methyl sites for hydroxylation is 1. The second-order valence-electron chi connectivity index (χ2n) is 2.75. The van der Waals surface area contributed by atoms with Crippen LogP contribution < -0.4 is 0 Å². The van der Waals surface area contributed by atoms with Crippen molar-refractivity contribution in [2.24, 2.45) is 0 Å². The Morgan fingerprint density at radius 1 is 1.77 bits per heavy atom. The van der Waals surface area contributed by atoms with Crippen molar-refractivity contribution in [2.75, 3.05) is 0 Å². The summed E-state index contributed by atoms with van der Waals surface area (Å²) in [6, 6.07) is 0. The van der Waals surface area contributed by atoms with Crippen LogP contribution in [-0.2, 0) is 0 Å². The Kier molecular flexibility index (Phi) is 3.66. The zero-order valence-corrected chi connectivity index (χ0v) is 8.36. The first-order valence-electron chi connectivity index (χ1n) is 4.12. The van der Waals surface area contributed by atoms with Crippen LogP contribution >= 0.6 is 11.3 Å². The van der Waals surface area contributed by atoms with Gasteiger partial charge in [0, 0.05) is 12.8 Å². The van der Waals surface area contributed by atoms with Crippen LogP contribution in [0.1, 0.15) is 34.6 Å². The van der Waals surface area contributed by atoms with E-state index in [0.29, 0.717) is 12.8 Å². The second kappa shape index (κ2) is 4.78. The maximum Gasteiger partial charge on any atom is 0.174 e. The lowest BCUT2D eigenvalue weighted by Gasteiger charge is -1.95. The maximum atomic E-state index is 11.5. The molecular weight excluding hydrogens is 182 g/mol. The average Bonchev–Trinajstić information content (AvgIpc) is 2.52. The van der Waals surface area contributed by atoms with Crippen molar-refractivity contribution >= 4 is 17.1 Å². The second-order valence-corrected chi connectivity index (χ2v) is 3.60. The molecule has 0 fully saturated rings. The Hall–Kier alpha value is -1.14. The smallest absolute Gasteiger partial charge is 0.174 e. The molecule has 1 rings (SSSR count). The molecule has 13 heavy (non-hydrogen) atoms. The quantitative estimate of drug-likeness (QED) is 0.417. The van der Waals surface area contributed by atoms with Gasteiger partial charge in [0.25, 0.3) is 0 Å². The van der Waals surface area contributed by atoms with E-state index in [1.807, 2.05) is 6.92 Å². The van der Waals surface area contributed by atoms with Gasteiger partial charge < -0.3 is 0 Å². The third kappa shape index (κ3) is 2.67. The molecule has 3 heteroatoms. The molecule has 0 unspecified atom stereocenters. The predicted octanol–water partition coefficient (Wildman–Crippen LogP) is 2.44. The molecule has 2 nitrogen and oxygen atoms in total. The Morgan fingerprint density at radius 2 is 2.54 bits per heavy atom. The van der Waals surface area contributed by atoms with Gasteiger partial charge >= 0.3 is 0 Å². The highest BCUT2D eigenvalue weighted by Gasteiger charge is 2.10. The van der Waals surface area contributed by atoms with Gasteiger partial charge in [-0.05, 0) is 13.3 Å². The molecule has 0 aromatic carbocycles. The first-order valence-corrected chi connectivity index (χ1v) is 5.00. The highest BCUT2D eigenvalue weighted by Crippen LogP contribution is 2.15. The number of thiazole rings is 1. The largest absolute Gasteiger partial charge is 0.293 e. The van der Waals surface area contributed by atoms with E-state index in [1.54, 1.807) is 5.51 Å². The van der Waals surface area contributed by atoms with Crippen LogP contribution in [0.15, 0.2) is 5.51 Å². The molecule has 0 aliphatic heterocycles. The minimum Gasteiger partial charge on any atom is -0.293 e. The fourth-order valence-corrected chi connectivity index (χ4v) is 1.81. The van der Waals surface area contributed by atoms with E-state index in [9.17, 15) is 4.79 Å². The summed E-state index contributed by atoms with van der Waals surface area (Å²) in [4.78, 5) is 16.3. The first kappa shape index (κ1) is 9.94. The van der Waals surface area contributed by atoms with E-state index < -0.39 is 0 Å². The summed E-state index contributed by atoms with van der Waals surface area (Å²) in [6.45, 7) is 1.85. The molecule has 0 amide bonds. The Bertz CT molecular complexity index is 335. The highest BCUT2D eigenvalue weighted by atomic mass is 32.1. The van der Waals surface area contributed by atoms with Gasteiger partial charge in [-0.15, -0.1) is 23.7 Å². The summed E-state index contributed by atoms with van der Waals surface area (Å²) < 4.78 is 0. The van der Waals surface area contributed by atoms with Crippen molar-refractivity contribution in [2.45, 2.75) is 26.2 Å². The summed E-state index contributed by atoms with van der Waals surface area (Å²) in [5.41, 5.74) is 2.53. The number of terminal acetylenes is 1. The van der Waals surface area contributed by atoms with Gasteiger partial charge in [0.1, 0.15) is 0 Å². The molecule has 0 bridgehead atoms. The minimum atomic E-state index is 0.162. The summed E-state index contributed by atoms with van der Waals surface area (Å²) >= 11 is 1.40. The highest BCUT2D eigenvalue weighted by molar-refractivity contribution is 7.11. The summed E-state index contributed by atoms with van der Waals surface area (Å²) in [7, 11) is 0. The van der Waals surface area contributed by atoms with Crippen molar-refractivity contribution in [1.82, 2.24) is 4.98 Å². The van der Waals surface area contributed by atoms with E-state index in [2.05, 4.69) is 10.9 Å². The molecule has 0 spiro atoms. The number of unbranched alkanes of at least 4 members (excludes halogenated alkanes) is 1. The standard InChI is InChI=1S/C10H11NOS/c1-3-4-5-6-9(12)10-8(2)11-7-13-10/h1,7H,4-6H2,2H3. The van der Waals surface area contributed by atoms with Crippen molar-refractivity contribution in [1.29, 1.82) is 0 Å². The van der Waals surface area contributed by atoms with E-state index in [-0.39, 0.29) is 5.78 Å². The van der Waals surface area contributed by atoms with Crippen LogP contribution in [-0.4, -0.2) is 10.8 Å². The van der Waals surface area contributed by atoms with Crippen LogP contribution in [0, 0.1) is 19.3 Å². The molecule has 0 aliphatic carbocycles. The predicted molar refractivity (Wildman–Crippen MR) is 53.9 cm³/mol. The molecule has 0 saturated heterocycles. The number of hydrogen-bond acceptors (Lipinski definition) is 3. The number of rotatable bonds is 4. The van der Waals surface area contributed by atoms with Crippen LogP contribution in [0.2, 0.25) is 0 Å². The number of nitrogens with zero attached hydrogens (tertiary/aromatic N) is 1. The molecule has 0 N–H and O–H groups in total. The lowest BCUT2D eigenvalue weighted by Crippen LogP contribution is -1.97. The van der Waals surface area contributed by atoms with E-state index in [1.165, 1.54) is 11.3 Å². The summed E-state index contributed by atoms with van der Waals surface area (Å²) in [5, 5.41) is 0. The molecule has 0 saturated carbocycles. The number of Topliss-reactive ketones (excluding diaryl/α,β-unsaturated/α-hetero) is 1. The lowest BCUT2D eigenvalue weighted by atomic mass is 10.1. The van der Waals surface area contributed by atoms with Gasteiger partial charge in [0.15, 0.2) is 5.78 Å². The topological polar surface area (TPSA) is 30.0 Å². The number of aromatic nitrogens is 1. The fraction of sp³-hybridized carbons (Fsp3) is 0.400. The van der Waals surface area contributed by atoms with E-state index in [4.69, 9.17) is 6.42 Å². The fourth-order valence-electron chi connectivity index (χ4n) is 1.03. The molecule has 1 heterocycles. The van der Waals surface area contributed by atoms with Gasteiger partial charge in [-0.25, -0.2) is 4.98 Å². The number of ketones is 1. The third-order valence-corrected chi connectivity index (χ3v) is 2.69. The monoisotopic (exact) mass is 193 g/mol. The summed E-state index contributed by atoms with van der Waals surface area (Å²) in [5.74, 6) is 2.68. The van der Waals surface area contributed by atoms with Crippen LogP contribution in [0.4, 0.5) is 0 Å². The van der Waals surface area contributed by atoms with Gasteiger partial charge in [-0.2, -0.15) is 0 Å². The van der Waals surface area contributed by atoms with Crippen LogP contribution in [0.25, 0.3) is 0 Å². The first-order chi connectivity index (χ1) is 6.25. The average molecular weight is 193 g/mol. The normalized spacial score (nSPS) is 9.54. The lowest BCUT2D eigenvalue weighted by molar-refractivity contribution is 0.0984. The van der Waals surface area contributed by atoms with Crippen molar-refractivity contribution < 1.29 is 4.79 Å². The van der Waals surface area contributed by atoms with E-state index in [0.717, 1.165) is 17.0 Å². The van der Waals surface area contributed by atoms with Gasteiger partial charge in [0.05, 0.1) is 16.1 Å². The Labute approximate surface area is 82.0 Å². The third-order valence-electron chi connectivity index (χ3n) is 1.72. The SMILES string of the molecule is C#CCCCC(=O)c1scnc1C. The molecular formula is C10H11NOS.